The van der Waals surface area contributed by atoms with Crippen LogP contribution in [0.5, 0.6) is 0 Å². The first-order valence-electron chi connectivity index (χ1n) is 9.02. The molecule has 1 saturated carbocycles. The monoisotopic (exact) mass is 342 g/mol. The number of rotatable bonds is 7. The molecular formula is C19H26N4O2. The fourth-order valence-corrected chi connectivity index (χ4v) is 3.07. The molecule has 0 unspecified atom stereocenters. The van der Waals surface area contributed by atoms with Crippen LogP contribution in [-0.2, 0) is 16.1 Å². The molecule has 1 fully saturated rings. The molecule has 2 aromatic rings. The molecule has 0 bridgehead atoms. The van der Waals surface area contributed by atoms with Crippen LogP contribution >= 0.6 is 0 Å². The summed E-state index contributed by atoms with van der Waals surface area (Å²) in [5.74, 6) is 1.28. The summed E-state index contributed by atoms with van der Waals surface area (Å²) in [6.45, 7) is 6.56. The summed E-state index contributed by atoms with van der Waals surface area (Å²) in [6.07, 6.45) is 2.26. The predicted octanol–water partition coefficient (Wildman–Crippen LogP) is 2.29. The number of nitrogens with one attached hydrogen (secondary N) is 1. The molecule has 1 aromatic carbocycles. The van der Waals surface area contributed by atoms with E-state index in [1.54, 1.807) is 4.90 Å². The molecular weight excluding hydrogens is 316 g/mol. The van der Waals surface area contributed by atoms with E-state index in [-0.39, 0.29) is 30.9 Å². The van der Waals surface area contributed by atoms with Crippen LogP contribution in [0.1, 0.15) is 45.4 Å². The standard InChI is InChI=1S/C19H26N4O2/c1-4-22(11-17(24)20-13(2)3)18(25)12-23-16-8-6-5-7-15(16)21-19(23)14-9-10-14/h5-8,13-14H,4,9-12H2,1-3H3,(H,20,24). The Kier molecular flexibility index (Phi) is 5.06. The van der Waals surface area contributed by atoms with E-state index >= 15 is 0 Å². The highest BCUT2D eigenvalue weighted by molar-refractivity contribution is 5.86. The summed E-state index contributed by atoms with van der Waals surface area (Å²) in [6, 6.07) is 7.99. The van der Waals surface area contributed by atoms with Crippen LogP contribution in [0.4, 0.5) is 0 Å². The van der Waals surface area contributed by atoms with Crippen LogP contribution in [0, 0.1) is 0 Å². The van der Waals surface area contributed by atoms with Gasteiger partial charge in [-0.3, -0.25) is 9.59 Å². The van der Waals surface area contributed by atoms with E-state index in [4.69, 9.17) is 4.98 Å². The third kappa shape index (κ3) is 4.00. The van der Waals surface area contributed by atoms with Crippen LogP contribution < -0.4 is 5.32 Å². The molecule has 25 heavy (non-hydrogen) atoms. The van der Waals surface area contributed by atoms with Gasteiger partial charge in [0, 0.05) is 18.5 Å². The van der Waals surface area contributed by atoms with Gasteiger partial charge >= 0.3 is 0 Å². The van der Waals surface area contributed by atoms with Crippen molar-refractivity contribution < 1.29 is 9.59 Å². The number of hydrogen-bond acceptors (Lipinski definition) is 3. The molecule has 134 valence electrons. The van der Waals surface area contributed by atoms with Crippen molar-refractivity contribution in [3.8, 4) is 0 Å². The molecule has 0 radical (unpaired) electrons. The van der Waals surface area contributed by atoms with Crippen molar-refractivity contribution in [3.05, 3.63) is 30.1 Å². The molecule has 2 amide bonds. The minimum absolute atomic E-state index is 0.0496. The van der Waals surface area contributed by atoms with Crippen LogP contribution in [-0.4, -0.2) is 45.4 Å². The summed E-state index contributed by atoms with van der Waals surface area (Å²) in [5.41, 5.74) is 1.92. The van der Waals surface area contributed by atoms with Crippen molar-refractivity contribution in [2.45, 2.75) is 52.1 Å². The van der Waals surface area contributed by atoms with Crippen molar-refractivity contribution in [2.24, 2.45) is 0 Å². The van der Waals surface area contributed by atoms with E-state index in [9.17, 15) is 9.59 Å². The fourth-order valence-electron chi connectivity index (χ4n) is 3.07. The number of para-hydroxylation sites is 2. The lowest BCUT2D eigenvalue weighted by atomic mass is 10.3. The Bertz CT molecular complexity index is 777. The molecule has 1 heterocycles. The van der Waals surface area contributed by atoms with Crippen molar-refractivity contribution in [3.63, 3.8) is 0 Å². The Morgan fingerprint density at radius 1 is 1.32 bits per heavy atom. The van der Waals surface area contributed by atoms with Gasteiger partial charge in [-0.05, 0) is 45.7 Å². The quantitative estimate of drug-likeness (QED) is 0.839. The number of fused-ring (bicyclic) bond motifs is 1. The van der Waals surface area contributed by atoms with Crippen molar-refractivity contribution >= 4 is 22.8 Å². The highest BCUT2D eigenvalue weighted by atomic mass is 16.2. The second kappa shape index (κ2) is 7.25. The summed E-state index contributed by atoms with van der Waals surface area (Å²) in [5, 5.41) is 2.84. The zero-order chi connectivity index (χ0) is 18.0. The summed E-state index contributed by atoms with van der Waals surface area (Å²) in [4.78, 5) is 31.1. The van der Waals surface area contributed by atoms with Gasteiger partial charge in [-0.25, -0.2) is 4.98 Å². The first-order valence-corrected chi connectivity index (χ1v) is 9.02. The van der Waals surface area contributed by atoms with Crippen LogP contribution in [0.3, 0.4) is 0 Å². The first kappa shape index (κ1) is 17.5. The van der Waals surface area contributed by atoms with Crippen molar-refractivity contribution in [1.29, 1.82) is 0 Å². The molecule has 1 aliphatic carbocycles. The number of nitrogens with zero attached hydrogens (tertiary/aromatic N) is 3. The molecule has 1 aliphatic rings. The number of benzene rings is 1. The number of amides is 2. The smallest absolute Gasteiger partial charge is 0.243 e. The molecule has 0 aliphatic heterocycles. The largest absolute Gasteiger partial charge is 0.352 e. The number of aromatic nitrogens is 2. The highest BCUT2D eigenvalue weighted by Crippen LogP contribution is 2.40. The maximum Gasteiger partial charge on any atom is 0.243 e. The lowest BCUT2D eigenvalue weighted by Crippen LogP contribution is -2.43. The number of hydrogen-bond donors (Lipinski definition) is 1. The van der Waals surface area contributed by atoms with Gasteiger partial charge in [-0.1, -0.05) is 12.1 Å². The third-order valence-corrected chi connectivity index (χ3v) is 4.44. The Labute approximate surface area is 148 Å². The number of imidazole rings is 1. The van der Waals surface area contributed by atoms with Gasteiger partial charge in [-0.15, -0.1) is 0 Å². The van der Waals surface area contributed by atoms with Crippen LogP contribution in [0.25, 0.3) is 11.0 Å². The van der Waals surface area contributed by atoms with Gasteiger partial charge in [-0.2, -0.15) is 0 Å². The Hall–Kier alpha value is -2.37. The van der Waals surface area contributed by atoms with E-state index in [1.165, 1.54) is 0 Å². The molecule has 0 saturated heterocycles. The van der Waals surface area contributed by atoms with Gasteiger partial charge in [0.1, 0.15) is 12.4 Å². The maximum atomic E-state index is 12.8. The average Bonchev–Trinajstić information content (AvgIpc) is 3.35. The number of carbonyl (C=O) groups excluding carboxylic acids is 2. The Morgan fingerprint density at radius 2 is 2.04 bits per heavy atom. The second-order valence-electron chi connectivity index (χ2n) is 6.95. The molecule has 0 atom stereocenters. The van der Waals surface area contributed by atoms with Crippen LogP contribution in [0.2, 0.25) is 0 Å². The molecule has 0 spiro atoms. The summed E-state index contributed by atoms with van der Waals surface area (Å²) < 4.78 is 2.03. The topological polar surface area (TPSA) is 67.2 Å². The van der Waals surface area contributed by atoms with Gasteiger partial charge < -0.3 is 14.8 Å². The van der Waals surface area contributed by atoms with E-state index in [1.807, 2.05) is 49.6 Å². The van der Waals surface area contributed by atoms with Gasteiger partial charge in [0.15, 0.2) is 0 Å². The zero-order valence-electron chi connectivity index (χ0n) is 15.2. The Balaban J connectivity index is 1.78. The third-order valence-electron chi connectivity index (χ3n) is 4.44. The fraction of sp³-hybridized carbons (Fsp3) is 0.526. The van der Waals surface area contributed by atoms with Crippen molar-refractivity contribution in [1.82, 2.24) is 19.8 Å². The highest BCUT2D eigenvalue weighted by Gasteiger charge is 2.30. The van der Waals surface area contributed by atoms with Crippen LogP contribution in [0.15, 0.2) is 24.3 Å². The minimum atomic E-state index is -0.122. The molecule has 1 aromatic heterocycles. The Morgan fingerprint density at radius 3 is 2.68 bits per heavy atom. The predicted molar refractivity (Wildman–Crippen MR) is 97.2 cm³/mol. The zero-order valence-corrected chi connectivity index (χ0v) is 15.2. The SMILES string of the molecule is CCN(CC(=O)NC(C)C)C(=O)Cn1c(C2CC2)nc2ccccc21. The molecule has 6 nitrogen and oxygen atoms in total. The van der Waals surface area contributed by atoms with Crippen molar-refractivity contribution in [2.75, 3.05) is 13.1 Å². The summed E-state index contributed by atoms with van der Waals surface area (Å²) >= 11 is 0. The summed E-state index contributed by atoms with van der Waals surface area (Å²) in [7, 11) is 0. The normalized spacial score (nSPS) is 14.1. The second-order valence-corrected chi connectivity index (χ2v) is 6.95. The van der Waals surface area contributed by atoms with E-state index in [0.717, 1.165) is 29.7 Å². The lowest BCUT2D eigenvalue weighted by Gasteiger charge is -2.22. The van der Waals surface area contributed by atoms with E-state index in [0.29, 0.717) is 12.5 Å². The van der Waals surface area contributed by atoms with E-state index in [2.05, 4.69) is 5.32 Å². The van der Waals surface area contributed by atoms with Gasteiger partial charge in [0.25, 0.3) is 0 Å². The number of carbonyl (C=O) groups is 2. The molecule has 6 heteroatoms. The molecule has 3 rings (SSSR count). The van der Waals surface area contributed by atoms with Gasteiger partial charge in [0.05, 0.1) is 17.6 Å². The van der Waals surface area contributed by atoms with Gasteiger partial charge in [0.2, 0.25) is 11.8 Å². The number of likely N-dealkylation sites (N-methyl/N-ethyl adjacent to an activating group) is 1. The average molecular weight is 342 g/mol. The first-order chi connectivity index (χ1) is 12.0. The van der Waals surface area contributed by atoms with E-state index < -0.39 is 0 Å². The maximum absolute atomic E-state index is 12.8. The molecule has 1 N–H and O–H groups in total. The minimum Gasteiger partial charge on any atom is -0.352 e. The lowest BCUT2D eigenvalue weighted by molar-refractivity contribution is -0.136.